The van der Waals surface area contributed by atoms with Gasteiger partial charge in [-0.3, -0.25) is 19.8 Å². The zero-order valence-electron chi connectivity index (χ0n) is 20.0. The molecule has 0 spiro atoms. The van der Waals surface area contributed by atoms with E-state index in [2.05, 4.69) is 4.99 Å². The van der Waals surface area contributed by atoms with Crippen molar-refractivity contribution in [3.63, 3.8) is 0 Å². The van der Waals surface area contributed by atoms with Crippen LogP contribution >= 0.6 is 23.4 Å². The Morgan fingerprint density at radius 2 is 1.82 bits per heavy atom. The first-order valence-corrected chi connectivity index (χ1v) is 12.7. The van der Waals surface area contributed by atoms with Crippen LogP contribution in [0, 0.1) is 10.1 Å². The van der Waals surface area contributed by atoms with Crippen LogP contribution in [-0.4, -0.2) is 32.0 Å². The van der Waals surface area contributed by atoms with E-state index in [1.165, 1.54) is 47.0 Å². The summed E-state index contributed by atoms with van der Waals surface area (Å²) in [5.74, 6) is -0.533. The number of amides is 1. The molecule has 1 aliphatic rings. The Balaban J connectivity index is 1.44. The lowest BCUT2D eigenvalue weighted by Crippen LogP contribution is -2.28. The van der Waals surface area contributed by atoms with Gasteiger partial charge in [0.15, 0.2) is 5.17 Å². The van der Waals surface area contributed by atoms with Crippen LogP contribution in [0.25, 0.3) is 17.4 Å². The first-order chi connectivity index (χ1) is 18.8. The molecule has 11 heteroatoms. The number of aromatic carboxylic acids is 1. The van der Waals surface area contributed by atoms with Crippen molar-refractivity contribution in [1.82, 2.24) is 4.90 Å². The van der Waals surface area contributed by atoms with Crippen LogP contribution in [0.3, 0.4) is 0 Å². The minimum Gasteiger partial charge on any atom is -0.478 e. The van der Waals surface area contributed by atoms with Crippen LogP contribution in [0.4, 0.5) is 11.4 Å². The first-order valence-electron chi connectivity index (χ1n) is 11.5. The molecule has 0 bridgehead atoms. The molecule has 39 heavy (non-hydrogen) atoms. The largest absolute Gasteiger partial charge is 0.478 e. The number of para-hydroxylation sites is 1. The van der Waals surface area contributed by atoms with Gasteiger partial charge in [0.05, 0.1) is 32.6 Å². The van der Waals surface area contributed by atoms with E-state index in [0.717, 1.165) is 5.56 Å². The number of thioether (sulfide) groups is 1. The average molecular weight is 560 g/mol. The number of nitrogens with zero attached hydrogens (tertiary/aromatic N) is 3. The third-order valence-electron chi connectivity index (χ3n) is 5.74. The molecular formula is C28H18ClN3O6S. The predicted molar refractivity (Wildman–Crippen MR) is 149 cm³/mol. The standard InChI is InChI=1S/C28H18ClN3O6S/c29-23-14-20(32(36)37)10-12-22(23)24-13-11-21(38-24)15-25-26(33)31(16-17-6-8-18(9-7-17)27(34)35)28(39-25)30-19-4-2-1-3-5-19/h1-15H,16H2,(H,34,35)/b25-15-,30-28?. The molecule has 4 aromatic rings. The highest BCUT2D eigenvalue weighted by Gasteiger charge is 2.34. The molecule has 3 aromatic carbocycles. The van der Waals surface area contributed by atoms with E-state index in [-0.39, 0.29) is 28.7 Å². The van der Waals surface area contributed by atoms with Crippen LogP contribution in [0.5, 0.6) is 0 Å². The fourth-order valence-electron chi connectivity index (χ4n) is 3.80. The molecule has 2 heterocycles. The van der Waals surface area contributed by atoms with E-state index >= 15 is 0 Å². The van der Waals surface area contributed by atoms with Gasteiger partial charge in [-0.05, 0) is 59.8 Å². The van der Waals surface area contributed by atoms with Gasteiger partial charge >= 0.3 is 5.97 Å². The van der Waals surface area contributed by atoms with Crippen molar-refractivity contribution in [3.8, 4) is 11.3 Å². The zero-order valence-corrected chi connectivity index (χ0v) is 21.6. The van der Waals surface area contributed by atoms with Crippen molar-refractivity contribution < 1.29 is 24.0 Å². The number of furan rings is 1. The summed E-state index contributed by atoms with van der Waals surface area (Å²) in [7, 11) is 0. The van der Waals surface area contributed by atoms with Gasteiger partial charge < -0.3 is 9.52 Å². The fourth-order valence-corrected chi connectivity index (χ4v) is 5.05. The Labute approximate surface area is 231 Å². The van der Waals surface area contributed by atoms with Gasteiger partial charge in [0.25, 0.3) is 11.6 Å². The van der Waals surface area contributed by atoms with Crippen molar-refractivity contribution in [2.24, 2.45) is 4.99 Å². The van der Waals surface area contributed by atoms with Gasteiger partial charge in [-0.1, -0.05) is 41.9 Å². The highest BCUT2D eigenvalue weighted by atomic mass is 35.5. The lowest BCUT2D eigenvalue weighted by molar-refractivity contribution is -0.384. The zero-order chi connectivity index (χ0) is 27.5. The Morgan fingerprint density at radius 1 is 1.08 bits per heavy atom. The number of carboxylic acids is 1. The summed E-state index contributed by atoms with van der Waals surface area (Å²) in [4.78, 5) is 41.7. The van der Waals surface area contributed by atoms with Gasteiger partial charge in [0.2, 0.25) is 0 Å². The SMILES string of the molecule is O=C(O)c1ccc(CN2C(=O)/C(=C/c3ccc(-c4ccc([N+](=O)[O-])cc4Cl)o3)SC2=Nc2ccccc2)cc1. The third-order valence-corrected chi connectivity index (χ3v) is 7.06. The monoisotopic (exact) mass is 559 g/mol. The molecule has 5 rings (SSSR count). The van der Waals surface area contributed by atoms with Crippen molar-refractivity contribution in [3.05, 3.63) is 122 Å². The van der Waals surface area contributed by atoms with Crippen LogP contribution in [0.15, 0.2) is 99.2 Å². The molecule has 1 aromatic heterocycles. The Morgan fingerprint density at radius 3 is 2.49 bits per heavy atom. The topological polar surface area (TPSA) is 126 Å². The molecule has 1 fully saturated rings. The van der Waals surface area contributed by atoms with Crippen LogP contribution in [0.1, 0.15) is 21.7 Å². The Bertz CT molecular complexity index is 1650. The smallest absolute Gasteiger partial charge is 0.335 e. The van der Waals surface area contributed by atoms with E-state index in [0.29, 0.717) is 32.8 Å². The van der Waals surface area contributed by atoms with Crippen molar-refractivity contribution >= 4 is 57.9 Å². The minimum absolute atomic E-state index is 0.131. The maximum Gasteiger partial charge on any atom is 0.335 e. The number of rotatable bonds is 7. The molecule has 1 aliphatic heterocycles. The normalized spacial score (nSPS) is 15.3. The summed E-state index contributed by atoms with van der Waals surface area (Å²) < 4.78 is 5.89. The summed E-state index contributed by atoms with van der Waals surface area (Å²) >= 11 is 7.43. The average Bonchev–Trinajstić information content (AvgIpc) is 3.50. The molecule has 0 saturated carbocycles. The number of amidine groups is 1. The lowest BCUT2D eigenvalue weighted by Gasteiger charge is -2.16. The maximum absolute atomic E-state index is 13.5. The van der Waals surface area contributed by atoms with Crippen molar-refractivity contribution in [2.75, 3.05) is 0 Å². The summed E-state index contributed by atoms with van der Waals surface area (Å²) in [6, 6.07) is 23.0. The molecule has 9 nitrogen and oxygen atoms in total. The molecule has 1 amide bonds. The number of aliphatic imine (C=N–C) groups is 1. The number of halogens is 1. The van der Waals surface area contributed by atoms with E-state index < -0.39 is 10.9 Å². The van der Waals surface area contributed by atoms with Crippen molar-refractivity contribution in [1.29, 1.82) is 0 Å². The number of non-ortho nitro benzene ring substituents is 1. The molecule has 194 valence electrons. The number of nitro groups is 1. The number of hydrogen-bond acceptors (Lipinski definition) is 7. The van der Waals surface area contributed by atoms with Crippen LogP contribution < -0.4 is 0 Å². The van der Waals surface area contributed by atoms with E-state index in [1.807, 2.05) is 30.3 Å². The second-order valence-electron chi connectivity index (χ2n) is 8.36. The van der Waals surface area contributed by atoms with E-state index in [9.17, 15) is 19.7 Å². The number of carboxylic acid groups (broad SMARTS) is 1. The molecule has 0 radical (unpaired) electrons. The van der Waals surface area contributed by atoms with Crippen LogP contribution in [-0.2, 0) is 11.3 Å². The number of benzene rings is 3. The van der Waals surface area contributed by atoms with E-state index in [4.69, 9.17) is 21.1 Å². The maximum atomic E-state index is 13.5. The number of hydrogen-bond donors (Lipinski definition) is 1. The van der Waals surface area contributed by atoms with E-state index in [1.54, 1.807) is 30.3 Å². The molecule has 0 aliphatic carbocycles. The first kappa shape index (κ1) is 26.0. The summed E-state index contributed by atoms with van der Waals surface area (Å²) in [5, 5.41) is 20.8. The van der Waals surface area contributed by atoms with Gasteiger partial charge in [-0.25, -0.2) is 9.79 Å². The lowest BCUT2D eigenvalue weighted by atomic mass is 10.1. The second kappa shape index (κ2) is 11.0. The van der Waals surface area contributed by atoms with Gasteiger partial charge in [0.1, 0.15) is 11.5 Å². The van der Waals surface area contributed by atoms with Crippen LogP contribution in [0.2, 0.25) is 5.02 Å². The second-order valence-corrected chi connectivity index (χ2v) is 9.77. The molecule has 1 saturated heterocycles. The van der Waals surface area contributed by atoms with Crippen molar-refractivity contribution in [2.45, 2.75) is 6.54 Å². The quantitative estimate of drug-likeness (QED) is 0.146. The molecular weight excluding hydrogens is 542 g/mol. The molecule has 0 atom stereocenters. The van der Waals surface area contributed by atoms with Gasteiger partial charge in [0, 0.05) is 23.8 Å². The molecule has 1 N–H and O–H groups in total. The third kappa shape index (κ3) is 5.77. The highest BCUT2D eigenvalue weighted by molar-refractivity contribution is 8.18. The number of carbonyl (C=O) groups excluding carboxylic acids is 1. The Hall–Kier alpha value is -4.67. The molecule has 0 unspecified atom stereocenters. The fraction of sp³-hybridized carbons (Fsp3) is 0.0357. The summed E-state index contributed by atoms with van der Waals surface area (Å²) in [6.07, 6.45) is 1.60. The number of nitro benzene ring substituents is 1. The summed E-state index contributed by atoms with van der Waals surface area (Å²) in [6.45, 7) is 0.191. The van der Waals surface area contributed by atoms with Gasteiger partial charge in [-0.15, -0.1) is 0 Å². The highest BCUT2D eigenvalue weighted by Crippen LogP contribution is 2.37. The Kier molecular flexibility index (Phi) is 7.31. The van der Waals surface area contributed by atoms with Gasteiger partial charge in [-0.2, -0.15) is 0 Å². The summed E-state index contributed by atoms with van der Waals surface area (Å²) in [5.41, 5.74) is 1.92. The minimum atomic E-state index is -1.03. The number of carbonyl (C=O) groups is 2. The predicted octanol–water partition coefficient (Wildman–Crippen LogP) is 7.01.